The van der Waals surface area contributed by atoms with Gasteiger partial charge in [-0.05, 0) is 43.3 Å². The summed E-state index contributed by atoms with van der Waals surface area (Å²) in [4.78, 5) is 17.0. The molecule has 4 rings (SSSR count). The molecule has 0 saturated carbocycles. The number of aryl methyl sites for hydroxylation is 1. The van der Waals surface area contributed by atoms with Gasteiger partial charge in [-0.1, -0.05) is 17.4 Å². The second kappa shape index (κ2) is 6.63. The summed E-state index contributed by atoms with van der Waals surface area (Å²) in [6.07, 6.45) is 0. The number of halogens is 1. The number of hydrogen-bond acceptors (Lipinski definition) is 5. The molecule has 1 amide bonds. The lowest BCUT2D eigenvalue weighted by Crippen LogP contribution is -2.15. The maximum Gasteiger partial charge on any atom is 0.256 e. The van der Waals surface area contributed by atoms with Crippen molar-refractivity contribution in [3.05, 3.63) is 71.2 Å². The van der Waals surface area contributed by atoms with Crippen molar-refractivity contribution in [3.63, 3.8) is 0 Å². The number of rotatable bonds is 3. The van der Waals surface area contributed by atoms with Crippen LogP contribution in [0.4, 0.5) is 10.2 Å². The number of nitrogens with zero attached hydrogens (tertiary/aromatic N) is 4. The summed E-state index contributed by atoms with van der Waals surface area (Å²) in [5.41, 5.74) is 2.12. The molecule has 0 aliphatic rings. The molecule has 0 radical (unpaired) electrons. The minimum Gasteiger partial charge on any atom is -0.306 e. The summed E-state index contributed by atoms with van der Waals surface area (Å²) < 4.78 is 15.6. The largest absolute Gasteiger partial charge is 0.306 e. The summed E-state index contributed by atoms with van der Waals surface area (Å²) >= 11 is 1.28. The molecule has 0 saturated heterocycles. The van der Waals surface area contributed by atoms with Crippen LogP contribution in [0.1, 0.15) is 21.6 Å². The number of anilines is 1. The third-order valence-corrected chi connectivity index (χ3v) is 4.84. The highest BCUT2D eigenvalue weighted by atomic mass is 32.1. The van der Waals surface area contributed by atoms with Crippen LogP contribution < -0.4 is 5.32 Å². The highest BCUT2D eigenvalue weighted by Crippen LogP contribution is 2.28. The monoisotopic (exact) mass is 377 g/mol. The number of carbonyl (C=O) groups excluding carboxylic acids is 1. The maximum absolute atomic E-state index is 13.4. The lowest BCUT2D eigenvalue weighted by Gasteiger charge is -2.06. The minimum absolute atomic E-state index is 0.333. The first-order valence-corrected chi connectivity index (χ1v) is 8.80. The van der Waals surface area contributed by atoms with Crippen LogP contribution in [0.15, 0.2) is 48.5 Å². The maximum atomic E-state index is 13.4. The summed E-state index contributed by atoms with van der Waals surface area (Å²) in [5.74, 6) is -0.250. The van der Waals surface area contributed by atoms with Crippen molar-refractivity contribution < 1.29 is 9.18 Å². The van der Waals surface area contributed by atoms with Crippen molar-refractivity contribution in [3.8, 4) is 11.2 Å². The zero-order valence-electron chi connectivity index (χ0n) is 14.1. The second-order valence-electron chi connectivity index (χ2n) is 5.84. The molecule has 132 valence electrons. The SMILES string of the molecule is Cc1cc(NC(=O)c2cccc(C#N)c2)n(-c2nc3ccc(F)cc3s2)n1. The van der Waals surface area contributed by atoms with E-state index in [1.165, 1.54) is 34.2 Å². The van der Waals surface area contributed by atoms with Crippen LogP contribution in [-0.2, 0) is 0 Å². The van der Waals surface area contributed by atoms with Gasteiger partial charge in [0.1, 0.15) is 11.6 Å². The Labute approximate surface area is 157 Å². The van der Waals surface area contributed by atoms with Crippen LogP contribution in [-0.4, -0.2) is 20.7 Å². The Morgan fingerprint density at radius 1 is 1.26 bits per heavy atom. The van der Waals surface area contributed by atoms with Crippen molar-refractivity contribution in [2.24, 2.45) is 0 Å². The van der Waals surface area contributed by atoms with Gasteiger partial charge >= 0.3 is 0 Å². The van der Waals surface area contributed by atoms with Gasteiger partial charge in [0.05, 0.1) is 27.5 Å². The van der Waals surface area contributed by atoms with E-state index >= 15 is 0 Å². The quantitative estimate of drug-likeness (QED) is 0.584. The molecule has 8 heteroatoms. The zero-order chi connectivity index (χ0) is 19.0. The van der Waals surface area contributed by atoms with Gasteiger partial charge in [0.2, 0.25) is 5.13 Å². The zero-order valence-corrected chi connectivity index (χ0v) is 14.9. The molecule has 0 aliphatic carbocycles. The summed E-state index contributed by atoms with van der Waals surface area (Å²) in [6.45, 7) is 1.80. The Morgan fingerprint density at radius 3 is 2.93 bits per heavy atom. The van der Waals surface area contributed by atoms with E-state index < -0.39 is 0 Å². The molecule has 27 heavy (non-hydrogen) atoms. The van der Waals surface area contributed by atoms with Gasteiger partial charge in [0.25, 0.3) is 5.91 Å². The predicted molar refractivity (Wildman–Crippen MR) is 101 cm³/mol. The van der Waals surface area contributed by atoms with Crippen molar-refractivity contribution in [1.82, 2.24) is 14.8 Å². The number of nitriles is 1. The fourth-order valence-electron chi connectivity index (χ4n) is 2.63. The first-order chi connectivity index (χ1) is 13.0. The Bertz CT molecular complexity index is 1220. The first kappa shape index (κ1) is 16.9. The second-order valence-corrected chi connectivity index (χ2v) is 6.85. The fraction of sp³-hybridized carbons (Fsp3) is 0.0526. The van der Waals surface area contributed by atoms with E-state index in [1.807, 2.05) is 6.07 Å². The number of benzene rings is 2. The van der Waals surface area contributed by atoms with E-state index in [2.05, 4.69) is 15.4 Å². The molecule has 2 aromatic heterocycles. The smallest absolute Gasteiger partial charge is 0.256 e. The number of hydrogen-bond donors (Lipinski definition) is 1. The molecule has 0 atom stereocenters. The number of amides is 1. The van der Waals surface area contributed by atoms with E-state index in [1.54, 1.807) is 37.3 Å². The number of fused-ring (bicyclic) bond motifs is 1. The molecule has 1 N–H and O–H groups in total. The Balaban J connectivity index is 1.70. The summed E-state index contributed by atoms with van der Waals surface area (Å²) in [5, 5.41) is 16.7. The number of nitrogens with one attached hydrogen (secondary N) is 1. The molecule has 0 aliphatic heterocycles. The average molecular weight is 377 g/mol. The van der Waals surface area contributed by atoms with Crippen LogP contribution >= 0.6 is 11.3 Å². The van der Waals surface area contributed by atoms with Gasteiger partial charge in [-0.15, -0.1) is 0 Å². The van der Waals surface area contributed by atoms with E-state index in [-0.39, 0.29) is 11.7 Å². The van der Waals surface area contributed by atoms with Gasteiger partial charge in [0, 0.05) is 11.6 Å². The van der Waals surface area contributed by atoms with Crippen LogP contribution in [0.3, 0.4) is 0 Å². The highest BCUT2D eigenvalue weighted by molar-refractivity contribution is 7.20. The summed E-state index contributed by atoms with van der Waals surface area (Å²) in [7, 11) is 0. The van der Waals surface area contributed by atoms with E-state index in [9.17, 15) is 9.18 Å². The average Bonchev–Trinajstić information content (AvgIpc) is 3.24. The molecule has 4 aromatic rings. The molecule has 0 spiro atoms. The number of carbonyl (C=O) groups is 1. The van der Waals surface area contributed by atoms with Gasteiger partial charge in [0.15, 0.2) is 0 Å². The normalized spacial score (nSPS) is 10.7. The number of aromatic nitrogens is 3. The molecule has 2 heterocycles. The predicted octanol–water partition coefficient (Wildman–Crippen LogP) is 4.05. The molecular formula is C19H12FN5OS. The van der Waals surface area contributed by atoms with Crippen molar-refractivity contribution in [1.29, 1.82) is 5.26 Å². The van der Waals surface area contributed by atoms with Crippen LogP contribution in [0.25, 0.3) is 15.3 Å². The van der Waals surface area contributed by atoms with Gasteiger partial charge in [-0.2, -0.15) is 15.0 Å². The van der Waals surface area contributed by atoms with Gasteiger partial charge in [-0.25, -0.2) is 9.37 Å². The lowest BCUT2D eigenvalue weighted by atomic mass is 10.1. The molecule has 0 unspecified atom stereocenters. The highest BCUT2D eigenvalue weighted by Gasteiger charge is 2.16. The Hall–Kier alpha value is -3.57. The van der Waals surface area contributed by atoms with Crippen LogP contribution in [0, 0.1) is 24.1 Å². The molecule has 0 fully saturated rings. The molecule has 2 aromatic carbocycles. The van der Waals surface area contributed by atoms with Crippen LogP contribution in [0.5, 0.6) is 0 Å². The van der Waals surface area contributed by atoms with Gasteiger partial charge in [-0.3, -0.25) is 4.79 Å². The standard InChI is InChI=1S/C19H12FN5OS/c1-11-7-17(23-18(26)13-4-2-3-12(8-13)10-21)25(24-11)19-22-15-6-5-14(20)9-16(15)27-19/h2-9H,1H3,(H,23,26). The third kappa shape index (κ3) is 3.28. The van der Waals surface area contributed by atoms with Gasteiger partial charge < -0.3 is 5.32 Å². The van der Waals surface area contributed by atoms with Crippen molar-refractivity contribution in [2.45, 2.75) is 6.92 Å². The summed E-state index contributed by atoms with van der Waals surface area (Å²) in [6, 6.07) is 14.5. The third-order valence-electron chi connectivity index (χ3n) is 3.85. The van der Waals surface area contributed by atoms with Crippen LogP contribution in [0.2, 0.25) is 0 Å². The Kier molecular flexibility index (Phi) is 4.14. The van der Waals surface area contributed by atoms with E-state index in [0.29, 0.717) is 38.0 Å². The molecule has 0 bridgehead atoms. The van der Waals surface area contributed by atoms with Crippen molar-refractivity contribution >= 4 is 33.3 Å². The Morgan fingerprint density at radius 2 is 2.11 bits per heavy atom. The number of thiazole rings is 1. The lowest BCUT2D eigenvalue weighted by molar-refractivity contribution is 0.102. The minimum atomic E-state index is -0.361. The van der Waals surface area contributed by atoms with Crippen molar-refractivity contribution in [2.75, 3.05) is 5.32 Å². The topological polar surface area (TPSA) is 83.6 Å². The van der Waals surface area contributed by atoms with E-state index in [0.717, 1.165) is 0 Å². The molecular weight excluding hydrogens is 365 g/mol. The fourth-order valence-corrected chi connectivity index (χ4v) is 3.59. The molecule has 6 nitrogen and oxygen atoms in total. The first-order valence-electron chi connectivity index (χ1n) is 7.98. The van der Waals surface area contributed by atoms with E-state index in [4.69, 9.17) is 5.26 Å².